The van der Waals surface area contributed by atoms with Crippen LogP contribution in [0.5, 0.6) is 0 Å². The standard InChI is InChI=1S/C16H11ClN2O2/c17-12-6-7-14-13(8-12)16(21)19(10-18-14)9-15(20)11-4-2-1-3-5-11/h1-8,10H,9H2. The Hall–Kier alpha value is -2.46. The van der Waals surface area contributed by atoms with Crippen molar-refractivity contribution in [2.24, 2.45) is 0 Å². The summed E-state index contributed by atoms with van der Waals surface area (Å²) in [5.41, 5.74) is 0.857. The first-order valence-corrected chi connectivity index (χ1v) is 6.76. The van der Waals surface area contributed by atoms with Crippen LogP contribution in [0.1, 0.15) is 10.4 Å². The number of benzene rings is 2. The van der Waals surface area contributed by atoms with Gasteiger partial charge in [0.25, 0.3) is 5.56 Å². The average molecular weight is 299 g/mol. The minimum atomic E-state index is -0.271. The largest absolute Gasteiger partial charge is 0.292 e. The van der Waals surface area contributed by atoms with Gasteiger partial charge >= 0.3 is 0 Å². The highest BCUT2D eigenvalue weighted by atomic mass is 35.5. The molecule has 0 radical (unpaired) electrons. The maximum atomic E-state index is 12.4. The van der Waals surface area contributed by atoms with Crippen molar-refractivity contribution in [3.05, 3.63) is 75.8 Å². The Labute approximate surface area is 125 Å². The minimum Gasteiger partial charge on any atom is -0.292 e. The highest BCUT2D eigenvalue weighted by Crippen LogP contribution is 2.14. The van der Waals surface area contributed by atoms with Crippen LogP contribution in [-0.4, -0.2) is 15.3 Å². The van der Waals surface area contributed by atoms with E-state index in [0.717, 1.165) is 0 Å². The van der Waals surface area contributed by atoms with Crippen molar-refractivity contribution in [3.8, 4) is 0 Å². The van der Waals surface area contributed by atoms with Crippen LogP contribution < -0.4 is 5.56 Å². The molecule has 0 saturated carbocycles. The molecule has 104 valence electrons. The molecule has 1 heterocycles. The number of carbonyl (C=O) groups excluding carboxylic acids is 1. The molecule has 5 heteroatoms. The number of Topliss-reactive ketones (excluding diaryl/α,β-unsaturated/α-hetero) is 1. The zero-order valence-electron chi connectivity index (χ0n) is 11.0. The van der Waals surface area contributed by atoms with Crippen LogP contribution in [0.25, 0.3) is 10.9 Å². The summed E-state index contributed by atoms with van der Waals surface area (Å²) in [4.78, 5) is 28.7. The lowest BCUT2D eigenvalue weighted by Gasteiger charge is -2.06. The van der Waals surface area contributed by atoms with E-state index in [1.807, 2.05) is 6.07 Å². The van der Waals surface area contributed by atoms with Crippen molar-refractivity contribution < 1.29 is 4.79 Å². The first-order chi connectivity index (χ1) is 10.1. The summed E-state index contributed by atoms with van der Waals surface area (Å²) in [6, 6.07) is 13.8. The first-order valence-electron chi connectivity index (χ1n) is 6.38. The fourth-order valence-corrected chi connectivity index (χ4v) is 2.29. The highest BCUT2D eigenvalue weighted by molar-refractivity contribution is 6.31. The predicted octanol–water partition coefficient (Wildman–Crippen LogP) is 2.93. The number of halogens is 1. The fraction of sp³-hybridized carbons (Fsp3) is 0.0625. The Morgan fingerprint density at radius 2 is 1.90 bits per heavy atom. The van der Waals surface area contributed by atoms with E-state index in [1.54, 1.807) is 42.5 Å². The van der Waals surface area contributed by atoms with Gasteiger partial charge in [0.15, 0.2) is 5.78 Å². The lowest BCUT2D eigenvalue weighted by Crippen LogP contribution is -2.24. The highest BCUT2D eigenvalue weighted by Gasteiger charge is 2.10. The predicted molar refractivity (Wildman–Crippen MR) is 81.8 cm³/mol. The molecule has 0 atom stereocenters. The van der Waals surface area contributed by atoms with Gasteiger partial charge in [0.2, 0.25) is 0 Å². The van der Waals surface area contributed by atoms with Crippen molar-refractivity contribution in [2.75, 3.05) is 0 Å². The van der Waals surface area contributed by atoms with Gasteiger partial charge in [0.1, 0.15) is 0 Å². The molecule has 4 nitrogen and oxygen atoms in total. The van der Waals surface area contributed by atoms with E-state index in [9.17, 15) is 9.59 Å². The van der Waals surface area contributed by atoms with Crippen molar-refractivity contribution in [1.29, 1.82) is 0 Å². The number of hydrogen-bond acceptors (Lipinski definition) is 3. The molecule has 0 saturated heterocycles. The lowest BCUT2D eigenvalue weighted by atomic mass is 10.1. The molecule has 0 aliphatic heterocycles. The van der Waals surface area contributed by atoms with Crippen LogP contribution >= 0.6 is 11.6 Å². The maximum Gasteiger partial charge on any atom is 0.261 e. The number of aromatic nitrogens is 2. The van der Waals surface area contributed by atoms with Gasteiger partial charge in [-0.05, 0) is 18.2 Å². The van der Waals surface area contributed by atoms with E-state index in [0.29, 0.717) is 21.5 Å². The van der Waals surface area contributed by atoms with Crippen LogP contribution in [0.4, 0.5) is 0 Å². The van der Waals surface area contributed by atoms with Crippen molar-refractivity contribution in [1.82, 2.24) is 9.55 Å². The molecule has 0 spiro atoms. The molecular weight excluding hydrogens is 288 g/mol. The summed E-state index contributed by atoms with van der Waals surface area (Å²) in [5, 5.41) is 0.874. The fourth-order valence-electron chi connectivity index (χ4n) is 2.11. The molecule has 0 aliphatic rings. The maximum absolute atomic E-state index is 12.4. The Kier molecular flexibility index (Phi) is 3.54. The van der Waals surface area contributed by atoms with E-state index < -0.39 is 0 Å². The summed E-state index contributed by atoms with van der Waals surface area (Å²) in [6.45, 7) is -0.0434. The van der Waals surface area contributed by atoms with Crippen molar-refractivity contribution in [3.63, 3.8) is 0 Å². The molecule has 3 aromatic rings. The van der Waals surface area contributed by atoms with Gasteiger partial charge in [-0.2, -0.15) is 0 Å². The molecule has 21 heavy (non-hydrogen) atoms. The van der Waals surface area contributed by atoms with Gasteiger partial charge in [-0.15, -0.1) is 0 Å². The molecule has 2 aromatic carbocycles. The molecule has 0 fully saturated rings. The normalized spacial score (nSPS) is 10.7. The number of fused-ring (bicyclic) bond motifs is 1. The van der Waals surface area contributed by atoms with Gasteiger partial charge in [-0.3, -0.25) is 14.2 Å². The number of hydrogen-bond donors (Lipinski definition) is 0. The minimum absolute atomic E-state index is 0.0434. The summed E-state index contributed by atoms with van der Waals surface area (Å²) < 4.78 is 1.30. The SMILES string of the molecule is O=C(Cn1cnc2ccc(Cl)cc2c1=O)c1ccccc1. The van der Waals surface area contributed by atoms with Gasteiger partial charge in [-0.1, -0.05) is 41.9 Å². The summed E-state index contributed by atoms with van der Waals surface area (Å²) in [5.74, 6) is -0.138. The van der Waals surface area contributed by atoms with Crippen LogP contribution in [-0.2, 0) is 6.54 Å². The third-order valence-electron chi connectivity index (χ3n) is 3.20. The number of nitrogens with zero attached hydrogens (tertiary/aromatic N) is 2. The van der Waals surface area contributed by atoms with Crippen LogP contribution in [0, 0.1) is 0 Å². The van der Waals surface area contributed by atoms with Gasteiger partial charge in [0, 0.05) is 10.6 Å². The summed E-state index contributed by atoms with van der Waals surface area (Å²) in [6.07, 6.45) is 1.39. The topological polar surface area (TPSA) is 52.0 Å². The van der Waals surface area contributed by atoms with E-state index in [-0.39, 0.29) is 17.9 Å². The molecule has 0 bridgehead atoms. The van der Waals surface area contributed by atoms with E-state index >= 15 is 0 Å². The van der Waals surface area contributed by atoms with E-state index in [2.05, 4.69) is 4.98 Å². The molecule has 1 aromatic heterocycles. The van der Waals surface area contributed by atoms with E-state index in [4.69, 9.17) is 11.6 Å². The third kappa shape index (κ3) is 2.71. The molecule has 0 N–H and O–H groups in total. The quantitative estimate of drug-likeness (QED) is 0.699. The Morgan fingerprint density at radius 3 is 2.67 bits per heavy atom. The Bertz CT molecular complexity index is 872. The number of rotatable bonds is 3. The van der Waals surface area contributed by atoms with E-state index in [1.165, 1.54) is 10.9 Å². The second-order valence-corrected chi connectivity index (χ2v) is 5.06. The summed E-state index contributed by atoms with van der Waals surface area (Å²) in [7, 11) is 0. The zero-order valence-corrected chi connectivity index (χ0v) is 11.7. The van der Waals surface area contributed by atoms with Crippen LogP contribution in [0.15, 0.2) is 59.7 Å². The Morgan fingerprint density at radius 1 is 1.14 bits per heavy atom. The van der Waals surface area contributed by atoms with Gasteiger partial charge in [0.05, 0.1) is 23.8 Å². The summed E-state index contributed by atoms with van der Waals surface area (Å²) >= 11 is 5.90. The monoisotopic (exact) mass is 298 g/mol. The average Bonchev–Trinajstić information content (AvgIpc) is 2.51. The Balaban J connectivity index is 2.00. The lowest BCUT2D eigenvalue weighted by molar-refractivity contribution is 0.0970. The molecule has 0 aliphatic carbocycles. The number of carbonyl (C=O) groups is 1. The van der Waals surface area contributed by atoms with Crippen molar-refractivity contribution >= 4 is 28.3 Å². The first kappa shape index (κ1) is 13.5. The van der Waals surface area contributed by atoms with Crippen LogP contribution in [0.2, 0.25) is 5.02 Å². The molecule has 3 rings (SSSR count). The van der Waals surface area contributed by atoms with Gasteiger partial charge < -0.3 is 0 Å². The van der Waals surface area contributed by atoms with Crippen LogP contribution in [0.3, 0.4) is 0 Å². The second-order valence-electron chi connectivity index (χ2n) is 4.63. The van der Waals surface area contributed by atoms with Crippen molar-refractivity contribution in [2.45, 2.75) is 6.54 Å². The van der Waals surface area contributed by atoms with Gasteiger partial charge in [-0.25, -0.2) is 4.98 Å². The zero-order chi connectivity index (χ0) is 14.8. The second kappa shape index (κ2) is 5.50. The third-order valence-corrected chi connectivity index (χ3v) is 3.43. The molecule has 0 unspecified atom stereocenters. The smallest absolute Gasteiger partial charge is 0.261 e. The molecule has 0 amide bonds. The molecular formula is C16H11ClN2O2. The number of ketones is 1.